The maximum atomic E-state index is 12.9. The van der Waals surface area contributed by atoms with Crippen LogP contribution in [0, 0.1) is 5.82 Å². The summed E-state index contributed by atoms with van der Waals surface area (Å²) in [6.45, 7) is 1.43. The lowest BCUT2D eigenvalue weighted by Crippen LogP contribution is -2.26. The molecule has 3 nitrogen and oxygen atoms in total. The van der Waals surface area contributed by atoms with E-state index < -0.39 is 17.6 Å². The Bertz CT molecular complexity index is 478. The molecule has 21 heavy (non-hydrogen) atoms. The molecule has 120 valence electrons. The van der Waals surface area contributed by atoms with Gasteiger partial charge in [0.1, 0.15) is 5.82 Å². The van der Waals surface area contributed by atoms with Crippen molar-refractivity contribution in [3.8, 4) is 0 Å². The summed E-state index contributed by atoms with van der Waals surface area (Å²) in [5.74, 6) is -1.36. The van der Waals surface area contributed by atoms with Crippen LogP contribution in [0.15, 0.2) is 18.2 Å². The van der Waals surface area contributed by atoms with E-state index in [2.05, 4.69) is 5.32 Å². The van der Waals surface area contributed by atoms with E-state index in [9.17, 15) is 22.4 Å². The fourth-order valence-electron chi connectivity index (χ4n) is 1.61. The van der Waals surface area contributed by atoms with Crippen LogP contribution in [0.5, 0.6) is 0 Å². The first-order valence-electron chi connectivity index (χ1n) is 6.08. The molecule has 0 radical (unpaired) electrons. The number of halogens is 5. The lowest BCUT2D eigenvalue weighted by molar-refractivity contribution is -0.138. The van der Waals surface area contributed by atoms with Gasteiger partial charge in [-0.15, -0.1) is 12.4 Å². The predicted molar refractivity (Wildman–Crippen MR) is 73.4 cm³/mol. The van der Waals surface area contributed by atoms with Gasteiger partial charge in [0.05, 0.1) is 5.56 Å². The number of hydrogen-bond donors (Lipinski definition) is 2. The van der Waals surface area contributed by atoms with Crippen molar-refractivity contribution >= 4 is 18.3 Å². The summed E-state index contributed by atoms with van der Waals surface area (Å²) in [4.78, 5) is 11.4. The van der Waals surface area contributed by atoms with Crippen LogP contribution in [0.2, 0.25) is 0 Å². The molecule has 0 aliphatic rings. The molecule has 0 spiro atoms. The van der Waals surface area contributed by atoms with Crippen LogP contribution in [0.4, 0.5) is 17.6 Å². The van der Waals surface area contributed by atoms with Gasteiger partial charge in [0.2, 0.25) is 5.91 Å². The second-order valence-corrected chi connectivity index (χ2v) is 4.59. The number of carbonyl (C=O) groups excluding carboxylic acids is 1. The molecule has 8 heteroatoms. The Morgan fingerprint density at radius 3 is 2.52 bits per heavy atom. The summed E-state index contributed by atoms with van der Waals surface area (Å²) in [7, 11) is 0. The number of benzene rings is 1. The molecule has 3 N–H and O–H groups in total. The Labute approximate surface area is 126 Å². The van der Waals surface area contributed by atoms with Crippen LogP contribution in [0.25, 0.3) is 0 Å². The maximum Gasteiger partial charge on any atom is 0.416 e. The molecule has 0 saturated heterocycles. The number of hydrogen-bond acceptors (Lipinski definition) is 2. The molecule has 0 saturated carbocycles. The number of nitrogens with one attached hydrogen (secondary N) is 1. The molecule has 1 atom stereocenters. The van der Waals surface area contributed by atoms with Crippen LogP contribution in [0.3, 0.4) is 0 Å². The zero-order chi connectivity index (χ0) is 15.3. The van der Waals surface area contributed by atoms with Gasteiger partial charge in [-0.05, 0) is 31.0 Å². The molecule has 0 bridgehead atoms. The van der Waals surface area contributed by atoms with Crippen LogP contribution in [-0.4, -0.2) is 11.9 Å². The molecule has 0 heterocycles. The molecule has 0 fully saturated rings. The van der Waals surface area contributed by atoms with Crippen molar-refractivity contribution in [3.05, 3.63) is 35.1 Å². The third kappa shape index (κ3) is 6.77. The second kappa shape index (κ2) is 8.19. The molecular weight excluding hydrogens is 312 g/mol. The zero-order valence-corrected chi connectivity index (χ0v) is 12.2. The molecule has 1 unspecified atom stereocenters. The first kappa shape index (κ1) is 19.7. The third-order valence-corrected chi connectivity index (χ3v) is 2.68. The summed E-state index contributed by atoms with van der Waals surface area (Å²) in [6, 6.07) is 2.21. The highest BCUT2D eigenvalue weighted by Crippen LogP contribution is 2.32. The van der Waals surface area contributed by atoms with E-state index in [1.54, 1.807) is 6.92 Å². The normalized spacial score (nSPS) is 12.5. The standard InChI is InChI=1S/C13H16F4N2O.ClH/c1-8(18)2-5-12(20)19-7-9-3-4-10(14)6-11(9)13(15,16)17;/h3-4,6,8H,2,5,7,18H2,1H3,(H,19,20);1H. The number of alkyl halides is 3. The Hall–Kier alpha value is -1.34. The molecule has 1 aromatic carbocycles. The van der Waals surface area contributed by atoms with E-state index in [0.717, 1.165) is 12.1 Å². The maximum absolute atomic E-state index is 12.9. The molecule has 1 rings (SSSR count). The summed E-state index contributed by atoms with van der Waals surface area (Å²) < 4.78 is 51.0. The van der Waals surface area contributed by atoms with Gasteiger partial charge in [0.25, 0.3) is 0 Å². The Morgan fingerprint density at radius 1 is 1.38 bits per heavy atom. The van der Waals surface area contributed by atoms with E-state index >= 15 is 0 Å². The predicted octanol–water partition coefficient (Wildman–Crippen LogP) is 3.01. The average Bonchev–Trinajstić information content (AvgIpc) is 2.33. The lowest BCUT2D eigenvalue weighted by Gasteiger charge is -2.14. The van der Waals surface area contributed by atoms with Crippen molar-refractivity contribution in [1.82, 2.24) is 5.32 Å². The fraction of sp³-hybridized carbons (Fsp3) is 0.462. The van der Waals surface area contributed by atoms with Gasteiger partial charge in [-0.25, -0.2) is 4.39 Å². The van der Waals surface area contributed by atoms with Gasteiger partial charge in [-0.2, -0.15) is 13.2 Å². The van der Waals surface area contributed by atoms with Gasteiger partial charge in [0, 0.05) is 19.0 Å². The van der Waals surface area contributed by atoms with Gasteiger partial charge in [-0.1, -0.05) is 6.07 Å². The first-order valence-corrected chi connectivity index (χ1v) is 6.08. The van der Waals surface area contributed by atoms with Crippen LogP contribution >= 0.6 is 12.4 Å². The van der Waals surface area contributed by atoms with Crippen LogP contribution < -0.4 is 11.1 Å². The monoisotopic (exact) mass is 328 g/mol. The number of nitrogens with two attached hydrogens (primary N) is 1. The fourth-order valence-corrected chi connectivity index (χ4v) is 1.61. The van der Waals surface area contributed by atoms with Crippen molar-refractivity contribution in [3.63, 3.8) is 0 Å². The smallest absolute Gasteiger partial charge is 0.352 e. The molecular formula is C13H17ClF4N2O. The van der Waals surface area contributed by atoms with Crippen molar-refractivity contribution in [1.29, 1.82) is 0 Å². The molecule has 0 aromatic heterocycles. The summed E-state index contributed by atoms with van der Waals surface area (Å²) >= 11 is 0. The van der Waals surface area contributed by atoms with Gasteiger partial charge >= 0.3 is 6.18 Å². The van der Waals surface area contributed by atoms with E-state index in [-0.39, 0.29) is 42.9 Å². The highest BCUT2D eigenvalue weighted by atomic mass is 35.5. The Kier molecular flexibility index (Phi) is 7.67. The second-order valence-electron chi connectivity index (χ2n) is 4.59. The molecule has 1 amide bonds. The molecule has 0 aliphatic carbocycles. The van der Waals surface area contributed by atoms with E-state index in [4.69, 9.17) is 5.73 Å². The number of rotatable bonds is 5. The van der Waals surface area contributed by atoms with Crippen molar-refractivity contribution < 1.29 is 22.4 Å². The minimum atomic E-state index is -4.66. The van der Waals surface area contributed by atoms with E-state index in [1.807, 2.05) is 0 Å². The van der Waals surface area contributed by atoms with Crippen molar-refractivity contribution in [2.24, 2.45) is 5.73 Å². The molecule has 1 aromatic rings. The average molecular weight is 329 g/mol. The summed E-state index contributed by atoms with van der Waals surface area (Å²) in [5.41, 5.74) is 4.22. The Morgan fingerprint density at radius 2 is 2.00 bits per heavy atom. The SMILES string of the molecule is CC(N)CCC(=O)NCc1ccc(F)cc1C(F)(F)F.Cl. The van der Waals surface area contributed by atoms with Crippen molar-refractivity contribution in [2.45, 2.75) is 38.5 Å². The van der Waals surface area contributed by atoms with Crippen molar-refractivity contribution in [2.75, 3.05) is 0 Å². The minimum absolute atomic E-state index is 0. The topological polar surface area (TPSA) is 55.1 Å². The largest absolute Gasteiger partial charge is 0.416 e. The Balaban J connectivity index is 0.00000400. The quantitative estimate of drug-likeness (QED) is 0.816. The van der Waals surface area contributed by atoms with Gasteiger partial charge < -0.3 is 11.1 Å². The summed E-state index contributed by atoms with van der Waals surface area (Å²) in [6.07, 6.45) is -4.07. The third-order valence-electron chi connectivity index (χ3n) is 2.68. The van der Waals surface area contributed by atoms with E-state index in [0.29, 0.717) is 12.5 Å². The highest BCUT2D eigenvalue weighted by molar-refractivity contribution is 5.85. The van der Waals surface area contributed by atoms with E-state index in [1.165, 1.54) is 0 Å². The number of amides is 1. The number of carbonyl (C=O) groups is 1. The van der Waals surface area contributed by atoms with Gasteiger partial charge in [0.15, 0.2) is 0 Å². The van der Waals surface area contributed by atoms with Crippen LogP contribution in [-0.2, 0) is 17.5 Å². The highest BCUT2D eigenvalue weighted by Gasteiger charge is 2.33. The van der Waals surface area contributed by atoms with Crippen LogP contribution in [0.1, 0.15) is 30.9 Å². The first-order chi connectivity index (χ1) is 9.20. The minimum Gasteiger partial charge on any atom is -0.352 e. The molecule has 0 aliphatic heterocycles. The van der Waals surface area contributed by atoms with Gasteiger partial charge in [-0.3, -0.25) is 4.79 Å². The summed E-state index contributed by atoms with van der Waals surface area (Å²) in [5, 5.41) is 2.37. The zero-order valence-electron chi connectivity index (χ0n) is 11.3. The lowest BCUT2D eigenvalue weighted by atomic mass is 10.1.